The molecule has 0 spiro atoms. The largest absolute Gasteiger partial charge is 0.457 e. The molecule has 2 aromatic heterocycles. The van der Waals surface area contributed by atoms with Gasteiger partial charge in [-0.15, -0.1) is 11.3 Å². The van der Waals surface area contributed by atoms with E-state index in [4.69, 9.17) is 4.74 Å². The van der Waals surface area contributed by atoms with Gasteiger partial charge in [-0.1, -0.05) is 60.3 Å². The van der Waals surface area contributed by atoms with E-state index in [0.717, 1.165) is 16.9 Å². The second kappa shape index (κ2) is 10.2. The number of para-hydroxylation sites is 1. The standard InChI is InChI=1S/C27H21N3O3S2/c1-17(24(31)28-19-12-14-21(15-13-19)33-20-10-6-3-7-11-20)35-27-29-25(32)23-22(16-34-26(23)30-27)18-8-4-2-5-9-18/h2-17H,1H3,(H,28,31)(H,29,30,32). The Morgan fingerprint density at radius 2 is 1.63 bits per heavy atom. The Morgan fingerprint density at radius 1 is 0.971 bits per heavy atom. The fraction of sp³-hybridized carbons (Fsp3) is 0.0741. The molecule has 0 radical (unpaired) electrons. The molecule has 1 amide bonds. The molecule has 5 aromatic rings. The highest BCUT2D eigenvalue weighted by Crippen LogP contribution is 2.32. The first-order valence-corrected chi connectivity index (χ1v) is 12.7. The monoisotopic (exact) mass is 499 g/mol. The predicted molar refractivity (Wildman–Crippen MR) is 143 cm³/mol. The first-order valence-electron chi connectivity index (χ1n) is 10.9. The molecule has 0 fully saturated rings. The SMILES string of the molecule is CC(Sc1nc2scc(-c3ccccc3)c2c(=O)[nH]1)C(=O)Nc1ccc(Oc2ccccc2)cc1. The van der Waals surface area contributed by atoms with Gasteiger partial charge in [0.2, 0.25) is 5.91 Å². The van der Waals surface area contributed by atoms with Gasteiger partial charge in [0.15, 0.2) is 5.16 Å². The second-order valence-electron chi connectivity index (χ2n) is 7.76. The Bertz CT molecular complexity index is 1510. The zero-order valence-corrected chi connectivity index (χ0v) is 20.4. The number of ether oxygens (including phenoxy) is 1. The molecule has 35 heavy (non-hydrogen) atoms. The molecule has 2 heterocycles. The topological polar surface area (TPSA) is 84.1 Å². The minimum absolute atomic E-state index is 0.189. The van der Waals surface area contributed by atoms with Gasteiger partial charge in [0.25, 0.3) is 5.56 Å². The number of aromatic amines is 1. The molecular weight excluding hydrogens is 478 g/mol. The second-order valence-corrected chi connectivity index (χ2v) is 9.94. The van der Waals surface area contributed by atoms with Crippen LogP contribution in [0.2, 0.25) is 0 Å². The van der Waals surface area contributed by atoms with Gasteiger partial charge in [-0.2, -0.15) is 0 Å². The smallest absolute Gasteiger partial charge is 0.260 e. The van der Waals surface area contributed by atoms with E-state index in [-0.39, 0.29) is 11.5 Å². The molecule has 1 atom stereocenters. The number of H-pyrrole nitrogens is 1. The molecule has 3 aromatic carbocycles. The Morgan fingerprint density at radius 3 is 2.34 bits per heavy atom. The molecule has 6 nitrogen and oxygen atoms in total. The van der Waals surface area contributed by atoms with Gasteiger partial charge in [-0.05, 0) is 48.9 Å². The summed E-state index contributed by atoms with van der Waals surface area (Å²) in [4.78, 5) is 33.7. The number of thioether (sulfide) groups is 1. The molecule has 0 saturated heterocycles. The fourth-order valence-electron chi connectivity index (χ4n) is 3.51. The lowest BCUT2D eigenvalue weighted by atomic mass is 10.1. The van der Waals surface area contributed by atoms with Crippen LogP contribution in [0.25, 0.3) is 21.3 Å². The van der Waals surface area contributed by atoms with Crippen molar-refractivity contribution in [1.29, 1.82) is 0 Å². The minimum atomic E-state index is -0.468. The zero-order chi connectivity index (χ0) is 24.2. The summed E-state index contributed by atoms with van der Waals surface area (Å²) < 4.78 is 5.78. The summed E-state index contributed by atoms with van der Waals surface area (Å²) in [5.41, 5.74) is 2.28. The van der Waals surface area contributed by atoms with E-state index in [1.165, 1.54) is 23.1 Å². The van der Waals surface area contributed by atoms with E-state index < -0.39 is 5.25 Å². The van der Waals surface area contributed by atoms with Crippen molar-refractivity contribution in [2.75, 3.05) is 5.32 Å². The number of anilines is 1. The first kappa shape index (κ1) is 22.9. The van der Waals surface area contributed by atoms with E-state index >= 15 is 0 Å². The van der Waals surface area contributed by atoms with Crippen molar-refractivity contribution in [1.82, 2.24) is 9.97 Å². The highest BCUT2D eigenvalue weighted by atomic mass is 32.2. The van der Waals surface area contributed by atoms with Crippen LogP contribution in [0.5, 0.6) is 11.5 Å². The van der Waals surface area contributed by atoms with Crippen LogP contribution in [0.4, 0.5) is 5.69 Å². The van der Waals surface area contributed by atoms with E-state index in [1.807, 2.05) is 66.0 Å². The number of hydrogen-bond donors (Lipinski definition) is 2. The number of fused-ring (bicyclic) bond motifs is 1. The number of nitrogens with one attached hydrogen (secondary N) is 2. The highest BCUT2D eigenvalue weighted by Gasteiger charge is 2.18. The number of benzene rings is 3. The molecule has 0 saturated carbocycles. The quantitative estimate of drug-likeness (QED) is 0.196. The molecule has 5 rings (SSSR count). The van der Waals surface area contributed by atoms with Crippen molar-refractivity contribution in [2.45, 2.75) is 17.3 Å². The number of amides is 1. The number of aromatic nitrogens is 2. The molecule has 174 valence electrons. The van der Waals surface area contributed by atoms with E-state index in [1.54, 1.807) is 31.2 Å². The van der Waals surface area contributed by atoms with Crippen LogP contribution in [-0.2, 0) is 4.79 Å². The van der Waals surface area contributed by atoms with Gasteiger partial charge in [0.1, 0.15) is 16.3 Å². The zero-order valence-electron chi connectivity index (χ0n) is 18.7. The van der Waals surface area contributed by atoms with Crippen molar-refractivity contribution >= 4 is 44.9 Å². The summed E-state index contributed by atoms with van der Waals surface area (Å²) >= 11 is 2.63. The summed E-state index contributed by atoms with van der Waals surface area (Å²) in [6.07, 6.45) is 0. The average Bonchev–Trinajstić information content (AvgIpc) is 3.31. The summed E-state index contributed by atoms with van der Waals surface area (Å²) in [6, 6.07) is 26.4. The van der Waals surface area contributed by atoms with Gasteiger partial charge >= 0.3 is 0 Å². The van der Waals surface area contributed by atoms with Gasteiger partial charge in [-0.3, -0.25) is 9.59 Å². The van der Waals surface area contributed by atoms with Gasteiger partial charge < -0.3 is 15.0 Å². The fourth-order valence-corrected chi connectivity index (χ4v) is 5.31. The summed E-state index contributed by atoms with van der Waals surface area (Å²) in [5, 5.41) is 5.36. The third kappa shape index (κ3) is 5.29. The van der Waals surface area contributed by atoms with Crippen molar-refractivity contribution in [3.63, 3.8) is 0 Å². The number of hydrogen-bond acceptors (Lipinski definition) is 6. The lowest BCUT2D eigenvalue weighted by Crippen LogP contribution is -2.23. The van der Waals surface area contributed by atoms with Crippen LogP contribution in [0.15, 0.2) is 100 Å². The number of carbonyl (C=O) groups excluding carboxylic acids is 1. The van der Waals surface area contributed by atoms with Crippen molar-refractivity contribution in [2.24, 2.45) is 0 Å². The van der Waals surface area contributed by atoms with E-state index in [0.29, 0.717) is 26.8 Å². The van der Waals surface area contributed by atoms with Crippen LogP contribution in [0, 0.1) is 0 Å². The normalized spacial score (nSPS) is 11.8. The van der Waals surface area contributed by atoms with Crippen LogP contribution in [0.3, 0.4) is 0 Å². The molecule has 1 unspecified atom stereocenters. The number of thiophene rings is 1. The first-order chi connectivity index (χ1) is 17.1. The van der Waals surface area contributed by atoms with Crippen molar-refractivity contribution in [3.05, 3.63) is 101 Å². The minimum Gasteiger partial charge on any atom is -0.457 e. The molecule has 0 aliphatic heterocycles. The number of carbonyl (C=O) groups is 1. The van der Waals surface area contributed by atoms with Gasteiger partial charge in [-0.25, -0.2) is 4.98 Å². The lowest BCUT2D eigenvalue weighted by Gasteiger charge is -2.12. The van der Waals surface area contributed by atoms with Crippen molar-refractivity contribution in [3.8, 4) is 22.6 Å². The molecular formula is C27H21N3O3S2. The van der Waals surface area contributed by atoms with Crippen LogP contribution < -0.4 is 15.6 Å². The van der Waals surface area contributed by atoms with Crippen LogP contribution in [-0.4, -0.2) is 21.1 Å². The lowest BCUT2D eigenvalue weighted by molar-refractivity contribution is -0.115. The average molecular weight is 500 g/mol. The van der Waals surface area contributed by atoms with Crippen molar-refractivity contribution < 1.29 is 9.53 Å². The summed E-state index contributed by atoms with van der Waals surface area (Å²) in [7, 11) is 0. The number of rotatable bonds is 7. The number of nitrogens with zero attached hydrogens (tertiary/aromatic N) is 1. The predicted octanol–water partition coefficient (Wildman–Crippen LogP) is 6.56. The van der Waals surface area contributed by atoms with E-state index in [2.05, 4.69) is 15.3 Å². The third-order valence-corrected chi connectivity index (χ3v) is 7.12. The maximum Gasteiger partial charge on any atom is 0.260 e. The summed E-state index contributed by atoms with van der Waals surface area (Å²) in [5.74, 6) is 1.23. The molecule has 2 N–H and O–H groups in total. The maximum absolute atomic E-state index is 12.8. The maximum atomic E-state index is 12.8. The van der Waals surface area contributed by atoms with E-state index in [9.17, 15) is 9.59 Å². The highest BCUT2D eigenvalue weighted by molar-refractivity contribution is 8.00. The Balaban J connectivity index is 1.25. The summed E-state index contributed by atoms with van der Waals surface area (Å²) in [6.45, 7) is 1.78. The Kier molecular flexibility index (Phi) is 6.65. The van der Waals surface area contributed by atoms with Gasteiger partial charge in [0.05, 0.1) is 10.6 Å². The molecule has 0 aliphatic carbocycles. The van der Waals surface area contributed by atoms with Crippen LogP contribution >= 0.6 is 23.1 Å². The van der Waals surface area contributed by atoms with Crippen LogP contribution in [0.1, 0.15) is 6.92 Å². The molecule has 8 heteroatoms. The van der Waals surface area contributed by atoms with Gasteiger partial charge in [0, 0.05) is 16.6 Å². The Hall–Kier alpha value is -3.88. The molecule has 0 aliphatic rings. The third-order valence-electron chi connectivity index (χ3n) is 5.27. The Labute approximate surface area is 210 Å². The molecule has 0 bridgehead atoms.